The molecule has 0 N–H and O–H groups in total. The first-order valence-corrected chi connectivity index (χ1v) is 4.23. The van der Waals surface area contributed by atoms with Crippen molar-refractivity contribution in [3.8, 4) is 5.88 Å². The lowest BCUT2D eigenvalue weighted by Crippen LogP contribution is -2.00. The van der Waals surface area contributed by atoms with E-state index in [1.807, 2.05) is 13.8 Å². The molecule has 0 fully saturated rings. The summed E-state index contributed by atoms with van der Waals surface area (Å²) in [6.45, 7) is 4.54. The molecule has 3 nitrogen and oxygen atoms in total. The highest BCUT2D eigenvalue weighted by Gasteiger charge is 2.04. The molecule has 0 radical (unpaired) electrons. The van der Waals surface area contributed by atoms with Crippen LogP contribution in [0, 0.1) is 6.92 Å². The van der Waals surface area contributed by atoms with Crippen molar-refractivity contribution in [2.75, 3.05) is 6.61 Å². The molecule has 0 aromatic carbocycles. The van der Waals surface area contributed by atoms with Crippen LogP contribution in [0.1, 0.15) is 18.9 Å². The van der Waals surface area contributed by atoms with Gasteiger partial charge in [0.05, 0.1) is 6.61 Å². The summed E-state index contributed by atoms with van der Waals surface area (Å²) in [5.41, 5.74) is 0.799. The maximum absolute atomic E-state index is 5.76. The van der Waals surface area contributed by atoms with Crippen LogP contribution in [0.2, 0.25) is 5.15 Å². The smallest absolute Gasteiger partial charge is 0.220 e. The van der Waals surface area contributed by atoms with Crippen LogP contribution in [0.3, 0.4) is 0 Å². The van der Waals surface area contributed by atoms with Crippen LogP contribution in [0.4, 0.5) is 0 Å². The minimum atomic E-state index is 0.455. The molecule has 66 valence electrons. The van der Waals surface area contributed by atoms with Crippen molar-refractivity contribution in [1.82, 2.24) is 9.97 Å². The Morgan fingerprint density at radius 3 is 2.92 bits per heavy atom. The van der Waals surface area contributed by atoms with E-state index in [4.69, 9.17) is 16.3 Å². The van der Waals surface area contributed by atoms with Gasteiger partial charge in [-0.1, -0.05) is 18.5 Å². The van der Waals surface area contributed by atoms with Crippen LogP contribution in [0.25, 0.3) is 0 Å². The lowest BCUT2D eigenvalue weighted by Gasteiger charge is -2.05. The molecule has 0 atom stereocenters. The molecule has 0 aliphatic carbocycles. The number of halogens is 1. The van der Waals surface area contributed by atoms with Crippen molar-refractivity contribution in [2.45, 2.75) is 20.3 Å². The number of hydrogen-bond acceptors (Lipinski definition) is 3. The Kier molecular flexibility index (Phi) is 3.29. The van der Waals surface area contributed by atoms with Gasteiger partial charge in [-0.3, -0.25) is 0 Å². The summed E-state index contributed by atoms with van der Waals surface area (Å²) in [6, 6.07) is 0. The fourth-order valence-electron chi connectivity index (χ4n) is 0.758. The highest BCUT2D eigenvalue weighted by molar-refractivity contribution is 6.30. The van der Waals surface area contributed by atoms with E-state index < -0.39 is 0 Å². The minimum Gasteiger partial charge on any atom is -0.477 e. The number of aromatic nitrogens is 2. The van der Waals surface area contributed by atoms with Crippen molar-refractivity contribution in [1.29, 1.82) is 0 Å². The molecular weight excluding hydrogens is 176 g/mol. The van der Waals surface area contributed by atoms with Gasteiger partial charge in [0.1, 0.15) is 11.5 Å². The average Bonchev–Trinajstić information content (AvgIpc) is 2.08. The van der Waals surface area contributed by atoms with Crippen LogP contribution < -0.4 is 4.74 Å². The Morgan fingerprint density at radius 1 is 1.50 bits per heavy atom. The molecule has 0 saturated carbocycles. The first-order chi connectivity index (χ1) is 5.75. The van der Waals surface area contributed by atoms with Crippen LogP contribution >= 0.6 is 11.6 Å². The van der Waals surface area contributed by atoms with Gasteiger partial charge >= 0.3 is 0 Å². The lowest BCUT2D eigenvalue weighted by molar-refractivity contribution is 0.302. The van der Waals surface area contributed by atoms with Crippen molar-refractivity contribution >= 4 is 11.6 Å². The van der Waals surface area contributed by atoms with Gasteiger partial charge in [0, 0.05) is 5.56 Å². The predicted octanol–water partition coefficient (Wildman–Crippen LogP) is 2.23. The molecular formula is C8H11ClN2O. The summed E-state index contributed by atoms with van der Waals surface area (Å²) in [5.74, 6) is 0.580. The highest BCUT2D eigenvalue weighted by atomic mass is 35.5. The number of ether oxygens (including phenoxy) is 1. The predicted molar refractivity (Wildman–Crippen MR) is 47.6 cm³/mol. The minimum absolute atomic E-state index is 0.455. The molecule has 0 aliphatic rings. The molecule has 1 heterocycles. The average molecular weight is 187 g/mol. The maximum Gasteiger partial charge on any atom is 0.220 e. The topological polar surface area (TPSA) is 35.0 Å². The molecule has 4 heteroatoms. The Morgan fingerprint density at radius 2 is 2.25 bits per heavy atom. The third kappa shape index (κ3) is 2.08. The molecule has 12 heavy (non-hydrogen) atoms. The van der Waals surface area contributed by atoms with E-state index in [1.165, 1.54) is 6.33 Å². The van der Waals surface area contributed by atoms with Crippen LogP contribution in [-0.4, -0.2) is 16.6 Å². The van der Waals surface area contributed by atoms with Crippen molar-refractivity contribution < 1.29 is 4.74 Å². The fourth-order valence-corrected chi connectivity index (χ4v) is 0.883. The van der Waals surface area contributed by atoms with Gasteiger partial charge in [0.15, 0.2) is 0 Å². The van der Waals surface area contributed by atoms with Gasteiger partial charge in [0.2, 0.25) is 5.88 Å². The van der Waals surface area contributed by atoms with Crippen LogP contribution in [0.5, 0.6) is 5.88 Å². The maximum atomic E-state index is 5.76. The summed E-state index contributed by atoms with van der Waals surface area (Å²) in [7, 11) is 0. The molecule has 0 bridgehead atoms. The van der Waals surface area contributed by atoms with E-state index >= 15 is 0 Å². The molecule has 0 spiro atoms. The van der Waals surface area contributed by atoms with Gasteiger partial charge in [-0.25, -0.2) is 9.97 Å². The summed E-state index contributed by atoms with van der Waals surface area (Å²) < 4.78 is 5.33. The van der Waals surface area contributed by atoms with Crippen LogP contribution in [0.15, 0.2) is 6.33 Å². The SMILES string of the molecule is CCCOc1ncnc(Cl)c1C. The summed E-state index contributed by atoms with van der Waals surface area (Å²) >= 11 is 5.76. The second-order valence-electron chi connectivity index (χ2n) is 2.44. The van der Waals surface area contributed by atoms with Crippen molar-refractivity contribution in [3.05, 3.63) is 17.0 Å². The Balaban J connectivity index is 2.78. The molecule has 1 rings (SSSR count). The number of hydrogen-bond donors (Lipinski definition) is 0. The third-order valence-electron chi connectivity index (χ3n) is 1.42. The summed E-state index contributed by atoms with van der Waals surface area (Å²) in [5, 5.41) is 0.455. The number of rotatable bonds is 3. The van der Waals surface area contributed by atoms with E-state index in [0.29, 0.717) is 17.6 Å². The second-order valence-corrected chi connectivity index (χ2v) is 2.80. The van der Waals surface area contributed by atoms with E-state index in [-0.39, 0.29) is 0 Å². The summed E-state index contributed by atoms with van der Waals surface area (Å²) in [6.07, 6.45) is 2.36. The number of nitrogens with zero attached hydrogens (tertiary/aromatic N) is 2. The molecule has 1 aromatic rings. The monoisotopic (exact) mass is 186 g/mol. The normalized spacial score (nSPS) is 9.92. The van der Waals surface area contributed by atoms with Crippen molar-refractivity contribution in [3.63, 3.8) is 0 Å². The van der Waals surface area contributed by atoms with E-state index in [1.54, 1.807) is 0 Å². The zero-order valence-electron chi connectivity index (χ0n) is 7.17. The summed E-state index contributed by atoms with van der Waals surface area (Å²) in [4.78, 5) is 7.78. The van der Waals surface area contributed by atoms with Gasteiger partial charge in [-0.05, 0) is 13.3 Å². The first-order valence-electron chi connectivity index (χ1n) is 3.85. The zero-order valence-corrected chi connectivity index (χ0v) is 7.93. The van der Waals surface area contributed by atoms with Crippen molar-refractivity contribution in [2.24, 2.45) is 0 Å². The van der Waals surface area contributed by atoms with Gasteiger partial charge < -0.3 is 4.74 Å². The standard InChI is InChI=1S/C8H11ClN2O/c1-3-4-12-8-6(2)7(9)10-5-11-8/h5H,3-4H2,1-2H3. The van der Waals surface area contributed by atoms with E-state index in [2.05, 4.69) is 9.97 Å². The Labute approximate surface area is 76.7 Å². The van der Waals surface area contributed by atoms with Crippen LogP contribution in [-0.2, 0) is 0 Å². The third-order valence-corrected chi connectivity index (χ3v) is 1.80. The Bertz CT molecular complexity index is 265. The molecule has 1 aromatic heterocycles. The van der Waals surface area contributed by atoms with E-state index in [0.717, 1.165) is 12.0 Å². The fraction of sp³-hybridized carbons (Fsp3) is 0.500. The second kappa shape index (κ2) is 4.26. The van der Waals surface area contributed by atoms with Gasteiger partial charge in [-0.15, -0.1) is 0 Å². The molecule has 0 unspecified atom stereocenters. The lowest BCUT2D eigenvalue weighted by atomic mass is 10.4. The molecule has 0 aliphatic heterocycles. The highest BCUT2D eigenvalue weighted by Crippen LogP contribution is 2.19. The zero-order chi connectivity index (χ0) is 8.97. The van der Waals surface area contributed by atoms with Gasteiger partial charge in [0.25, 0.3) is 0 Å². The Hall–Kier alpha value is -0.830. The largest absolute Gasteiger partial charge is 0.477 e. The van der Waals surface area contributed by atoms with Gasteiger partial charge in [-0.2, -0.15) is 0 Å². The quantitative estimate of drug-likeness (QED) is 0.679. The van der Waals surface area contributed by atoms with E-state index in [9.17, 15) is 0 Å². The molecule has 0 amide bonds. The first kappa shape index (κ1) is 9.26. The molecule has 0 saturated heterocycles.